The first-order valence-electron chi connectivity index (χ1n) is 10.5. The third kappa shape index (κ3) is 6.67. The van der Waals surface area contributed by atoms with Crippen LogP contribution in [-0.2, 0) is 4.79 Å². The van der Waals surface area contributed by atoms with E-state index >= 15 is 0 Å². The molecule has 8 nitrogen and oxygen atoms in total. The lowest BCUT2D eigenvalue weighted by Gasteiger charge is -2.21. The highest BCUT2D eigenvalue weighted by atomic mass is 35.5. The van der Waals surface area contributed by atoms with Crippen LogP contribution in [0.1, 0.15) is 27.9 Å². The van der Waals surface area contributed by atoms with Crippen molar-refractivity contribution in [2.75, 3.05) is 23.8 Å². The van der Waals surface area contributed by atoms with Crippen LogP contribution in [0, 0.1) is 23.7 Å². The molecule has 2 amide bonds. The van der Waals surface area contributed by atoms with E-state index in [-0.39, 0.29) is 5.56 Å². The molecule has 3 rings (SSSR count). The van der Waals surface area contributed by atoms with Gasteiger partial charge in [0.2, 0.25) is 6.41 Å². The van der Waals surface area contributed by atoms with Crippen molar-refractivity contribution < 1.29 is 9.59 Å². The number of pyridine rings is 1. The SMILES string of the molecule is C#Cc1ccc(NC(=O)c2cc(Cl)ccc2N(C=O)c2ccc(C=NN(C)CCC#N)cc2)nc1. The monoisotopic (exact) mass is 484 g/mol. The fraction of sp³-hybridized carbons (Fsp3) is 0.115. The summed E-state index contributed by atoms with van der Waals surface area (Å²) >= 11 is 6.15. The average molecular weight is 485 g/mol. The van der Waals surface area contributed by atoms with Crippen LogP contribution in [-0.4, -0.2) is 42.1 Å². The molecule has 0 bridgehead atoms. The van der Waals surface area contributed by atoms with Crippen LogP contribution in [0.4, 0.5) is 17.2 Å². The second-order valence-electron chi connectivity index (χ2n) is 7.29. The quantitative estimate of drug-likeness (QED) is 0.209. The second-order valence-corrected chi connectivity index (χ2v) is 7.73. The first-order chi connectivity index (χ1) is 16.9. The molecule has 0 spiro atoms. The van der Waals surface area contributed by atoms with Crippen LogP contribution in [0.15, 0.2) is 65.9 Å². The lowest BCUT2D eigenvalue weighted by atomic mass is 10.1. The number of nitrogens with zero attached hydrogens (tertiary/aromatic N) is 5. The molecule has 0 aliphatic carbocycles. The Bertz CT molecular complexity index is 1310. The molecule has 0 saturated carbocycles. The number of amides is 2. The number of hydrazone groups is 1. The number of carbonyl (C=O) groups excluding carboxylic acids is 2. The van der Waals surface area contributed by atoms with E-state index in [9.17, 15) is 9.59 Å². The van der Waals surface area contributed by atoms with E-state index in [1.165, 1.54) is 17.2 Å². The van der Waals surface area contributed by atoms with Crippen LogP contribution < -0.4 is 10.2 Å². The van der Waals surface area contributed by atoms with Crippen molar-refractivity contribution >= 4 is 47.3 Å². The topological polar surface area (TPSA) is 102 Å². The van der Waals surface area contributed by atoms with Gasteiger partial charge in [0.05, 0.1) is 30.0 Å². The van der Waals surface area contributed by atoms with Gasteiger partial charge >= 0.3 is 0 Å². The number of terminal acetylenes is 1. The van der Waals surface area contributed by atoms with Crippen LogP contribution in [0.2, 0.25) is 5.02 Å². The summed E-state index contributed by atoms with van der Waals surface area (Å²) in [5.41, 5.74) is 2.47. The molecule has 1 aromatic heterocycles. The number of rotatable bonds is 9. The largest absolute Gasteiger partial charge is 0.306 e. The highest BCUT2D eigenvalue weighted by molar-refractivity contribution is 6.31. The van der Waals surface area contributed by atoms with Gasteiger partial charge in [0.25, 0.3) is 5.91 Å². The zero-order valence-corrected chi connectivity index (χ0v) is 19.6. The maximum Gasteiger partial charge on any atom is 0.259 e. The molecule has 35 heavy (non-hydrogen) atoms. The van der Waals surface area contributed by atoms with E-state index in [4.69, 9.17) is 23.3 Å². The van der Waals surface area contributed by atoms with Gasteiger partial charge in [0.1, 0.15) is 5.82 Å². The van der Waals surface area contributed by atoms with E-state index in [0.717, 1.165) is 5.56 Å². The number of halogens is 1. The predicted molar refractivity (Wildman–Crippen MR) is 137 cm³/mol. The minimum atomic E-state index is -0.487. The van der Waals surface area contributed by atoms with Crippen LogP contribution >= 0.6 is 11.6 Å². The summed E-state index contributed by atoms with van der Waals surface area (Å²) in [6.45, 7) is 0.523. The van der Waals surface area contributed by atoms with Gasteiger partial charge in [0, 0.05) is 36.1 Å². The fourth-order valence-electron chi connectivity index (χ4n) is 3.05. The van der Waals surface area contributed by atoms with Gasteiger partial charge in [-0.25, -0.2) is 4.98 Å². The van der Waals surface area contributed by atoms with Gasteiger partial charge in [0.15, 0.2) is 0 Å². The second kappa shape index (κ2) is 12.0. The summed E-state index contributed by atoms with van der Waals surface area (Å²) in [5.74, 6) is 2.28. The molecular formula is C26H21ClN6O2. The Morgan fingerprint density at radius 1 is 1.23 bits per heavy atom. The van der Waals surface area contributed by atoms with E-state index in [1.807, 2.05) is 0 Å². The van der Waals surface area contributed by atoms with Gasteiger partial charge in [-0.05, 0) is 48.0 Å². The standard InChI is InChI=1S/C26H21ClN6O2/c1-3-19-7-12-25(29-16-19)31-26(35)23-15-21(27)8-11-24(23)33(18-34)22-9-5-20(6-10-22)17-30-32(2)14-4-13-28/h1,5-12,15-18H,4,14H2,2H3,(H,29,31,35). The molecule has 0 atom stereocenters. The Hall–Kier alpha value is -4.66. The average Bonchev–Trinajstić information content (AvgIpc) is 2.88. The molecule has 1 heterocycles. The van der Waals surface area contributed by atoms with Gasteiger partial charge in [-0.3, -0.25) is 19.5 Å². The van der Waals surface area contributed by atoms with Crippen molar-refractivity contribution in [3.63, 3.8) is 0 Å². The molecule has 1 N–H and O–H groups in total. The van der Waals surface area contributed by atoms with Crippen molar-refractivity contribution in [2.24, 2.45) is 5.10 Å². The molecule has 9 heteroatoms. The van der Waals surface area contributed by atoms with E-state index < -0.39 is 5.91 Å². The third-order valence-corrected chi connectivity index (χ3v) is 5.10. The molecule has 2 aromatic carbocycles. The Kier molecular flexibility index (Phi) is 8.55. The maximum atomic E-state index is 13.0. The summed E-state index contributed by atoms with van der Waals surface area (Å²) in [5, 5.41) is 17.6. The van der Waals surface area contributed by atoms with Crippen LogP contribution in [0.5, 0.6) is 0 Å². The minimum absolute atomic E-state index is 0.192. The Morgan fingerprint density at radius 2 is 2.00 bits per heavy atom. The van der Waals surface area contributed by atoms with Crippen molar-refractivity contribution in [1.82, 2.24) is 9.99 Å². The molecule has 174 valence electrons. The summed E-state index contributed by atoms with van der Waals surface area (Å²) < 4.78 is 0. The summed E-state index contributed by atoms with van der Waals surface area (Å²) in [6, 6.07) is 17.1. The minimum Gasteiger partial charge on any atom is -0.306 e. The number of anilines is 3. The third-order valence-electron chi connectivity index (χ3n) is 4.86. The maximum absolute atomic E-state index is 13.0. The lowest BCUT2D eigenvalue weighted by molar-refractivity contribution is -0.106. The van der Waals surface area contributed by atoms with Crippen LogP contribution in [0.3, 0.4) is 0 Å². The molecule has 3 aromatic rings. The van der Waals surface area contributed by atoms with Gasteiger partial charge in [-0.15, -0.1) is 6.42 Å². The first-order valence-corrected chi connectivity index (χ1v) is 10.8. The Balaban J connectivity index is 1.84. The predicted octanol–water partition coefficient (Wildman–Crippen LogP) is 4.44. The van der Waals surface area contributed by atoms with E-state index in [1.54, 1.807) is 66.8 Å². The van der Waals surface area contributed by atoms with Crippen molar-refractivity contribution in [3.05, 3.63) is 82.5 Å². The van der Waals surface area contributed by atoms with Crippen molar-refractivity contribution in [1.29, 1.82) is 5.26 Å². The van der Waals surface area contributed by atoms with Gasteiger partial charge in [-0.1, -0.05) is 29.7 Å². The summed E-state index contributed by atoms with van der Waals surface area (Å²) in [6.07, 6.45) is 9.47. The lowest BCUT2D eigenvalue weighted by Crippen LogP contribution is -2.21. The zero-order valence-electron chi connectivity index (χ0n) is 18.9. The normalized spacial score (nSPS) is 10.3. The molecule has 0 fully saturated rings. The van der Waals surface area contributed by atoms with E-state index in [0.29, 0.717) is 47.2 Å². The highest BCUT2D eigenvalue weighted by Crippen LogP contribution is 2.30. The summed E-state index contributed by atoms with van der Waals surface area (Å²) in [7, 11) is 1.78. The molecular weight excluding hydrogens is 464 g/mol. The van der Waals surface area contributed by atoms with E-state index in [2.05, 4.69) is 27.4 Å². The molecule has 0 aliphatic rings. The highest BCUT2D eigenvalue weighted by Gasteiger charge is 2.19. The van der Waals surface area contributed by atoms with Crippen molar-refractivity contribution in [3.8, 4) is 18.4 Å². The number of benzene rings is 2. The number of nitrogens with one attached hydrogen (secondary N) is 1. The summed E-state index contributed by atoms with van der Waals surface area (Å²) in [4.78, 5) is 30.6. The number of hydrogen-bond donors (Lipinski definition) is 1. The molecule has 0 unspecified atom stereocenters. The van der Waals surface area contributed by atoms with Gasteiger partial charge < -0.3 is 5.32 Å². The zero-order chi connectivity index (χ0) is 25.2. The first kappa shape index (κ1) is 25.0. The number of carbonyl (C=O) groups is 2. The van der Waals surface area contributed by atoms with Crippen LogP contribution in [0.25, 0.3) is 0 Å². The molecule has 0 saturated heterocycles. The smallest absolute Gasteiger partial charge is 0.259 e. The van der Waals surface area contributed by atoms with Crippen molar-refractivity contribution in [2.45, 2.75) is 6.42 Å². The Labute approximate surface area is 208 Å². The molecule has 0 aliphatic heterocycles. The number of nitriles is 1. The van der Waals surface area contributed by atoms with Gasteiger partial charge in [-0.2, -0.15) is 10.4 Å². The number of aromatic nitrogens is 1. The number of hydrogen-bond acceptors (Lipinski definition) is 6. The fourth-order valence-corrected chi connectivity index (χ4v) is 3.22. The molecule has 0 radical (unpaired) electrons. The Morgan fingerprint density at radius 3 is 2.63 bits per heavy atom.